The third-order valence-electron chi connectivity index (χ3n) is 4.39. The molecule has 2 saturated heterocycles. The summed E-state index contributed by atoms with van der Waals surface area (Å²) in [7, 11) is 0. The van der Waals surface area contributed by atoms with Crippen molar-refractivity contribution in [3.63, 3.8) is 0 Å². The highest BCUT2D eigenvalue weighted by atomic mass is 32.2. The van der Waals surface area contributed by atoms with E-state index in [4.69, 9.17) is 4.42 Å². The van der Waals surface area contributed by atoms with Crippen molar-refractivity contribution in [2.75, 3.05) is 25.4 Å². The smallest absolute Gasteiger partial charge is 0.233 e. The number of rotatable bonds is 5. The summed E-state index contributed by atoms with van der Waals surface area (Å²) in [6.07, 6.45) is 2.46. The van der Waals surface area contributed by atoms with Crippen LogP contribution >= 0.6 is 11.8 Å². The van der Waals surface area contributed by atoms with Crippen molar-refractivity contribution in [2.24, 2.45) is 0 Å². The van der Waals surface area contributed by atoms with Crippen LogP contribution in [0.25, 0.3) is 0 Å². The van der Waals surface area contributed by atoms with Gasteiger partial charge in [-0.15, -0.1) is 11.8 Å². The first kappa shape index (κ1) is 15.5. The summed E-state index contributed by atoms with van der Waals surface area (Å²) in [6.45, 7) is 6.26. The Morgan fingerprint density at radius 2 is 2.09 bits per heavy atom. The number of furan rings is 1. The zero-order valence-corrected chi connectivity index (χ0v) is 13.9. The standard InChI is InChI=1S/C16H22N2O3S/c1-11-9-13(21-12(11)2)16-18(15(20)10-22-16)8-4-7-17-6-3-5-14(17)19/h9,16H,3-8,10H2,1-2H3. The summed E-state index contributed by atoms with van der Waals surface area (Å²) in [5.41, 5.74) is 1.12. The first-order chi connectivity index (χ1) is 10.6. The number of aryl methyl sites for hydroxylation is 2. The summed E-state index contributed by atoms with van der Waals surface area (Å²) >= 11 is 1.62. The number of likely N-dealkylation sites (tertiary alicyclic amines) is 1. The highest BCUT2D eigenvalue weighted by Gasteiger charge is 2.35. The second kappa shape index (κ2) is 6.36. The first-order valence-corrected chi connectivity index (χ1v) is 8.87. The normalized spacial score (nSPS) is 22.2. The van der Waals surface area contributed by atoms with E-state index in [0.717, 1.165) is 43.0 Å². The molecule has 3 heterocycles. The molecule has 2 amide bonds. The zero-order valence-electron chi connectivity index (χ0n) is 13.1. The minimum Gasteiger partial charge on any atom is -0.463 e. The van der Waals surface area contributed by atoms with Crippen LogP contribution in [-0.4, -0.2) is 47.0 Å². The van der Waals surface area contributed by atoms with Gasteiger partial charge in [-0.3, -0.25) is 9.59 Å². The first-order valence-electron chi connectivity index (χ1n) is 7.82. The van der Waals surface area contributed by atoms with Crippen LogP contribution in [0, 0.1) is 13.8 Å². The van der Waals surface area contributed by atoms with Crippen LogP contribution in [0.3, 0.4) is 0 Å². The van der Waals surface area contributed by atoms with Crippen LogP contribution in [0.5, 0.6) is 0 Å². The van der Waals surface area contributed by atoms with Crippen molar-refractivity contribution in [2.45, 2.75) is 38.5 Å². The fraction of sp³-hybridized carbons (Fsp3) is 0.625. The summed E-state index contributed by atoms with van der Waals surface area (Å²) in [4.78, 5) is 27.5. The minimum atomic E-state index is -0.0193. The molecule has 1 atom stereocenters. The van der Waals surface area contributed by atoms with E-state index in [1.54, 1.807) is 11.8 Å². The van der Waals surface area contributed by atoms with Crippen LogP contribution in [0.15, 0.2) is 10.5 Å². The molecule has 2 aliphatic heterocycles. The van der Waals surface area contributed by atoms with Gasteiger partial charge in [0, 0.05) is 26.1 Å². The van der Waals surface area contributed by atoms with Gasteiger partial charge in [0.2, 0.25) is 11.8 Å². The summed E-state index contributed by atoms with van der Waals surface area (Å²) in [6, 6.07) is 2.03. The average Bonchev–Trinajstić information content (AvgIpc) is 3.14. The Morgan fingerprint density at radius 3 is 2.73 bits per heavy atom. The third-order valence-corrected chi connectivity index (χ3v) is 5.61. The Labute approximate surface area is 135 Å². The number of nitrogens with zero attached hydrogens (tertiary/aromatic N) is 2. The van der Waals surface area contributed by atoms with E-state index in [2.05, 4.69) is 0 Å². The molecular weight excluding hydrogens is 300 g/mol. The number of hydrogen-bond acceptors (Lipinski definition) is 4. The van der Waals surface area contributed by atoms with E-state index in [1.165, 1.54) is 0 Å². The van der Waals surface area contributed by atoms with Gasteiger partial charge >= 0.3 is 0 Å². The second-order valence-corrected chi connectivity index (χ2v) is 7.04. The maximum Gasteiger partial charge on any atom is 0.233 e. The SMILES string of the molecule is Cc1cc(C2SCC(=O)N2CCCN2CCCC2=O)oc1C. The average molecular weight is 322 g/mol. The number of thioether (sulfide) groups is 1. The Bertz CT molecular complexity index is 564. The number of carbonyl (C=O) groups is 2. The predicted octanol–water partition coefficient (Wildman–Crippen LogP) is 2.48. The van der Waals surface area contributed by atoms with Gasteiger partial charge in [0.05, 0.1) is 5.75 Å². The lowest BCUT2D eigenvalue weighted by molar-refractivity contribution is -0.128. The molecule has 120 valence electrons. The number of carbonyl (C=O) groups excluding carboxylic acids is 2. The molecule has 6 heteroatoms. The quantitative estimate of drug-likeness (QED) is 0.836. The van der Waals surface area contributed by atoms with Crippen molar-refractivity contribution >= 4 is 23.6 Å². The Kier molecular flexibility index (Phi) is 4.47. The van der Waals surface area contributed by atoms with E-state index < -0.39 is 0 Å². The Morgan fingerprint density at radius 1 is 1.27 bits per heavy atom. The summed E-state index contributed by atoms with van der Waals surface area (Å²) < 4.78 is 5.79. The predicted molar refractivity (Wildman–Crippen MR) is 85.5 cm³/mol. The lowest BCUT2D eigenvalue weighted by atomic mass is 10.2. The van der Waals surface area contributed by atoms with E-state index in [-0.39, 0.29) is 17.2 Å². The fourth-order valence-corrected chi connectivity index (χ4v) is 4.18. The minimum absolute atomic E-state index is 0.0193. The summed E-state index contributed by atoms with van der Waals surface area (Å²) in [5, 5.41) is -0.0193. The Hall–Kier alpha value is -1.43. The maximum absolute atomic E-state index is 12.1. The van der Waals surface area contributed by atoms with Gasteiger partial charge in [-0.2, -0.15) is 0 Å². The lowest BCUT2D eigenvalue weighted by Crippen LogP contribution is -2.33. The number of hydrogen-bond donors (Lipinski definition) is 0. The molecule has 0 aliphatic carbocycles. The molecule has 22 heavy (non-hydrogen) atoms. The fourth-order valence-electron chi connectivity index (χ4n) is 3.03. The van der Waals surface area contributed by atoms with Crippen LogP contribution < -0.4 is 0 Å². The third kappa shape index (κ3) is 3.02. The molecule has 0 spiro atoms. The van der Waals surface area contributed by atoms with Gasteiger partial charge in [0.25, 0.3) is 0 Å². The molecule has 1 aromatic rings. The monoisotopic (exact) mass is 322 g/mol. The molecule has 1 unspecified atom stereocenters. The van der Waals surface area contributed by atoms with Gasteiger partial charge in [-0.05, 0) is 38.3 Å². The lowest BCUT2D eigenvalue weighted by Gasteiger charge is -2.24. The van der Waals surface area contributed by atoms with Crippen LogP contribution in [-0.2, 0) is 9.59 Å². The van der Waals surface area contributed by atoms with Gasteiger partial charge in [-0.1, -0.05) is 0 Å². The maximum atomic E-state index is 12.1. The van der Waals surface area contributed by atoms with Crippen molar-refractivity contribution < 1.29 is 14.0 Å². The highest BCUT2D eigenvalue weighted by Crippen LogP contribution is 2.40. The van der Waals surface area contributed by atoms with Gasteiger partial charge in [0.15, 0.2) is 0 Å². The molecule has 1 aromatic heterocycles. The van der Waals surface area contributed by atoms with Gasteiger partial charge in [-0.25, -0.2) is 0 Å². The zero-order chi connectivity index (χ0) is 15.7. The molecule has 0 N–H and O–H groups in total. The molecule has 0 radical (unpaired) electrons. The van der Waals surface area contributed by atoms with E-state index in [9.17, 15) is 9.59 Å². The Balaban J connectivity index is 1.60. The van der Waals surface area contributed by atoms with Crippen LogP contribution in [0.2, 0.25) is 0 Å². The largest absolute Gasteiger partial charge is 0.463 e. The van der Waals surface area contributed by atoms with Crippen LogP contribution in [0.1, 0.15) is 41.7 Å². The molecule has 0 bridgehead atoms. The van der Waals surface area contributed by atoms with Crippen molar-refractivity contribution in [1.82, 2.24) is 9.80 Å². The molecule has 5 nitrogen and oxygen atoms in total. The molecule has 2 fully saturated rings. The second-order valence-electron chi connectivity index (χ2n) is 5.98. The number of amides is 2. The molecule has 2 aliphatic rings. The molecule has 0 aromatic carbocycles. The van der Waals surface area contributed by atoms with E-state index in [1.807, 2.05) is 29.7 Å². The van der Waals surface area contributed by atoms with Crippen molar-refractivity contribution in [1.29, 1.82) is 0 Å². The van der Waals surface area contributed by atoms with Crippen molar-refractivity contribution in [3.8, 4) is 0 Å². The van der Waals surface area contributed by atoms with Gasteiger partial charge < -0.3 is 14.2 Å². The van der Waals surface area contributed by atoms with E-state index in [0.29, 0.717) is 18.7 Å². The summed E-state index contributed by atoms with van der Waals surface area (Å²) in [5.74, 6) is 2.69. The topological polar surface area (TPSA) is 53.8 Å². The van der Waals surface area contributed by atoms with E-state index >= 15 is 0 Å². The molecule has 0 saturated carbocycles. The van der Waals surface area contributed by atoms with Crippen LogP contribution in [0.4, 0.5) is 0 Å². The molecule has 3 rings (SSSR count). The van der Waals surface area contributed by atoms with Gasteiger partial charge in [0.1, 0.15) is 16.9 Å². The van der Waals surface area contributed by atoms with Crippen molar-refractivity contribution in [3.05, 3.63) is 23.2 Å². The highest BCUT2D eigenvalue weighted by molar-refractivity contribution is 8.00. The molecular formula is C16H22N2O3S.